The second-order valence-corrected chi connectivity index (χ2v) is 8.91. The molecule has 0 bridgehead atoms. The van der Waals surface area contributed by atoms with Gasteiger partial charge in [0.15, 0.2) is 0 Å². The average Bonchev–Trinajstić information content (AvgIpc) is 3.42. The van der Waals surface area contributed by atoms with E-state index in [1.807, 2.05) is 18.2 Å². The second kappa shape index (κ2) is 10.7. The molecule has 168 valence electrons. The van der Waals surface area contributed by atoms with E-state index in [9.17, 15) is 8.42 Å². The third kappa shape index (κ3) is 7.11. The van der Waals surface area contributed by atoms with E-state index >= 15 is 0 Å². The first-order valence-electron chi connectivity index (χ1n) is 9.03. The molecule has 4 aromatic rings. The van der Waals surface area contributed by atoms with Gasteiger partial charge in [-0.25, -0.2) is 9.36 Å². The molecule has 0 saturated heterocycles. The van der Waals surface area contributed by atoms with Crippen molar-refractivity contribution in [2.75, 3.05) is 6.26 Å². The van der Waals surface area contributed by atoms with Crippen molar-refractivity contribution in [3.63, 3.8) is 0 Å². The monoisotopic (exact) mass is 496 g/mol. The maximum Gasteiger partial charge on any atom is 0.264 e. The lowest BCUT2D eigenvalue weighted by Crippen LogP contribution is -2.02. The average molecular weight is 497 g/mol. The Balaban J connectivity index is 0.000000186. The molecular formula is C19H18Cl2N6O4S. The van der Waals surface area contributed by atoms with Crippen LogP contribution in [0.15, 0.2) is 60.9 Å². The van der Waals surface area contributed by atoms with E-state index in [4.69, 9.17) is 28.3 Å². The molecule has 0 amide bonds. The summed E-state index contributed by atoms with van der Waals surface area (Å²) < 4.78 is 29.3. The molecule has 0 fully saturated rings. The molecule has 1 N–H and O–H groups in total. The summed E-state index contributed by atoms with van der Waals surface area (Å²) in [6.07, 6.45) is 4.22. The summed E-state index contributed by atoms with van der Waals surface area (Å²) in [7, 11) is -3.48. The summed E-state index contributed by atoms with van der Waals surface area (Å²) in [4.78, 5) is 0. The van der Waals surface area contributed by atoms with E-state index < -0.39 is 10.1 Å². The highest BCUT2D eigenvalue weighted by molar-refractivity contribution is 7.85. The maximum absolute atomic E-state index is 10.8. The molecule has 4 rings (SSSR count). The molecule has 0 aliphatic heterocycles. The van der Waals surface area contributed by atoms with Crippen LogP contribution in [0.3, 0.4) is 0 Å². The van der Waals surface area contributed by atoms with Crippen molar-refractivity contribution < 1.29 is 17.7 Å². The van der Waals surface area contributed by atoms with Gasteiger partial charge in [0.1, 0.15) is 18.0 Å². The number of hydrogen-bond donors (Lipinski definition) is 1. The van der Waals surface area contributed by atoms with Crippen molar-refractivity contribution in [2.45, 2.75) is 13.2 Å². The Morgan fingerprint density at radius 1 is 0.906 bits per heavy atom. The Labute approximate surface area is 194 Å². The fraction of sp³-hybridized carbons (Fsp3) is 0.158. The molecule has 0 radical (unpaired) electrons. The molecule has 13 heteroatoms. The fourth-order valence-electron chi connectivity index (χ4n) is 2.39. The Bertz CT molecular complexity index is 1290. The van der Waals surface area contributed by atoms with Crippen molar-refractivity contribution in [3.8, 4) is 11.4 Å². The van der Waals surface area contributed by atoms with Crippen LogP contribution in [0.1, 0.15) is 11.4 Å². The minimum atomic E-state index is -3.48. The first-order chi connectivity index (χ1) is 15.2. The largest absolute Gasteiger partial charge is 0.390 e. The van der Waals surface area contributed by atoms with Gasteiger partial charge in [0.2, 0.25) is 0 Å². The predicted octanol–water partition coefficient (Wildman–Crippen LogP) is 2.81. The van der Waals surface area contributed by atoms with E-state index in [1.54, 1.807) is 47.4 Å². The van der Waals surface area contributed by atoms with Gasteiger partial charge in [0.25, 0.3) is 10.1 Å². The first kappa shape index (κ1) is 23.8. The highest BCUT2D eigenvalue weighted by atomic mass is 35.5. The fourth-order valence-corrected chi connectivity index (χ4v) is 3.10. The van der Waals surface area contributed by atoms with Gasteiger partial charge in [0, 0.05) is 10.0 Å². The number of aliphatic hydroxyl groups is 1. The molecule has 0 aliphatic carbocycles. The van der Waals surface area contributed by atoms with Gasteiger partial charge in [-0.2, -0.15) is 8.42 Å². The lowest BCUT2D eigenvalue weighted by Gasteiger charge is -1.99. The molecule has 0 saturated carbocycles. The summed E-state index contributed by atoms with van der Waals surface area (Å²) >= 11 is 11.7. The second-order valence-electron chi connectivity index (χ2n) is 6.39. The SMILES string of the molecule is CS(=O)(=O)OCc1cn(-c2cccc(Cl)c2)nn1.OCc1cn(-c2cccc(Cl)c2)nn1. The summed E-state index contributed by atoms with van der Waals surface area (Å²) in [5.74, 6) is 0. The summed E-state index contributed by atoms with van der Waals surface area (Å²) in [5.41, 5.74) is 2.51. The third-order valence-corrected chi connectivity index (χ3v) is 4.83. The maximum atomic E-state index is 10.8. The minimum absolute atomic E-state index is 0.111. The highest BCUT2D eigenvalue weighted by Crippen LogP contribution is 2.15. The summed E-state index contributed by atoms with van der Waals surface area (Å²) in [5, 5.41) is 25.3. The summed E-state index contributed by atoms with van der Waals surface area (Å²) in [6.45, 7) is -0.250. The van der Waals surface area contributed by atoms with E-state index in [2.05, 4.69) is 24.8 Å². The van der Waals surface area contributed by atoms with Crippen LogP contribution in [0, 0.1) is 0 Å². The molecular weight excluding hydrogens is 479 g/mol. The van der Waals surface area contributed by atoms with E-state index in [0.717, 1.165) is 17.6 Å². The number of rotatable bonds is 6. The first-order valence-corrected chi connectivity index (χ1v) is 11.6. The van der Waals surface area contributed by atoms with Gasteiger partial charge >= 0.3 is 0 Å². The number of aliphatic hydroxyl groups excluding tert-OH is 1. The van der Waals surface area contributed by atoms with Crippen LogP contribution < -0.4 is 0 Å². The number of hydrogen-bond acceptors (Lipinski definition) is 8. The van der Waals surface area contributed by atoms with Gasteiger partial charge < -0.3 is 5.11 Å². The standard InChI is InChI=1S/C10H10ClN3O3S.C9H8ClN3O/c1-18(15,16)17-7-9-6-14(13-12-9)10-4-2-3-8(11)5-10;10-7-2-1-3-9(4-7)13-5-8(6-14)11-12-13/h2-6H,7H2,1H3;1-5,14H,6H2. The normalized spacial score (nSPS) is 11.1. The number of aromatic nitrogens is 6. The minimum Gasteiger partial charge on any atom is -0.390 e. The van der Waals surface area contributed by atoms with Crippen LogP contribution in [0.25, 0.3) is 11.4 Å². The number of halogens is 2. The van der Waals surface area contributed by atoms with Gasteiger partial charge in [-0.3, -0.25) is 4.18 Å². The highest BCUT2D eigenvalue weighted by Gasteiger charge is 2.07. The van der Waals surface area contributed by atoms with Crippen molar-refractivity contribution in [1.82, 2.24) is 30.0 Å². The van der Waals surface area contributed by atoms with Gasteiger partial charge in [-0.05, 0) is 36.4 Å². The Kier molecular flexibility index (Phi) is 7.94. The number of nitrogens with zero attached hydrogens (tertiary/aromatic N) is 6. The molecule has 2 aromatic carbocycles. The van der Waals surface area contributed by atoms with E-state index in [0.29, 0.717) is 21.4 Å². The molecule has 0 unspecified atom stereocenters. The molecule has 0 spiro atoms. The van der Waals surface area contributed by atoms with Crippen molar-refractivity contribution in [3.05, 3.63) is 82.4 Å². The smallest absolute Gasteiger partial charge is 0.264 e. The van der Waals surface area contributed by atoms with Gasteiger partial charge in [-0.1, -0.05) is 45.8 Å². The lowest BCUT2D eigenvalue weighted by molar-refractivity contribution is 0.276. The Morgan fingerprint density at radius 2 is 1.41 bits per heavy atom. The van der Waals surface area contributed by atoms with Crippen LogP contribution in [0.5, 0.6) is 0 Å². The van der Waals surface area contributed by atoms with Crippen LogP contribution in [0.2, 0.25) is 10.0 Å². The third-order valence-electron chi connectivity index (χ3n) is 3.81. The zero-order valence-electron chi connectivity index (χ0n) is 16.7. The van der Waals surface area contributed by atoms with Crippen LogP contribution >= 0.6 is 23.2 Å². The van der Waals surface area contributed by atoms with Gasteiger partial charge in [-0.15, -0.1) is 10.2 Å². The van der Waals surface area contributed by atoms with Crippen LogP contribution in [-0.4, -0.2) is 49.8 Å². The molecule has 0 atom stereocenters. The molecule has 10 nitrogen and oxygen atoms in total. The number of benzene rings is 2. The zero-order chi connectivity index (χ0) is 23.1. The zero-order valence-corrected chi connectivity index (χ0v) is 19.0. The Morgan fingerprint density at radius 3 is 1.84 bits per heavy atom. The summed E-state index contributed by atoms with van der Waals surface area (Å²) in [6, 6.07) is 14.3. The van der Waals surface area contributed by atoms with Crippen LogP contribution in [0.4, 0.5) is 0 Å². The molecule has 2 heterocycles. The van der Waals surface area contributed by atoms with Crippen molar-refractivity contribution >= 4 is 33.3 Å². The Hall–Kier alpha value is -2.83. The molecule has 2 aromatic heterocycles. The van der Waals surface area contributed by atoms with E-state index in [1.165, 1.54) is 4.68 Å². The lowest BCUT2D eigenvalue weighted by atomic mass is 10.3. The van der Waals surface area contributed by atoms with E-state index in [-0.39, 0.29) is 13.2 Å². The van der Waals surface area contributed by atoms with Crippen LogP contribution in [-0.2, 0) is 27.5 Å². The quantitative estimate of drug-likeness (QED) is 0.403. The van der Waals surface area contributed by atoms with Crippen molar-refractivity contribution in [2.24, 2.45) is 0 Å². The topological polar surface area (TPSA) is 125 Å². The van der Waals surface area contributed by atoms with Crippen molar-refractivity contribution in [1.29, 1.82) is 0 Å². The molecule has 32 heavy (non-hydrogen) atoms. The predicted molar refractivity (Wildman–Crippen MR) is 118 cm³/mol. The van der Waals surface area contributed by atoms with Gasteiger partial charge in [0.05, 0.1) is 36.6 Å². The molecule has 0 aliphatic rings.